The summed E-state index contributed by atoms with van der Waals surface area (Å²) >= 11 is 5.85. The van der Waals surface area contributed by atoms with E-state index in [9.17, 15) is 0 Å². The fourth-order valence-electron chi connectivity index (χ4n) is 2.14. The lowest BCUT2D eigenvalue weighted by Gasteiger charge is -2.07. The van der Waals surface area contributed by atoms with E-state index in [1.54, 1.807) is 14.2 Å². The lowest BCUT2D eigenvalue weighted by atomic mass is 10.3. The lowest BCUT2D eigenvalue weighted by Crippen LogP contribution is -2.06. The summed E-state index contributed by atoms with van der Waals surface area (Å²) in [6, 6.07) is 0. The van der Waals surface area contributed by atoms with Crippen LogP contribution in [0.15, 0.2) is 6.33 Å². The standard InChI is InChI=1S/C13H19ClN4O2/c1-19-8-4-3-7-18-10(5-6-14)17-11-12(18)15-9-16-13(11)20-2/h9H,3-8H2,1-2H3. The SMILES string of the molecule is COCCCCn1c(CCCl)nc2c(OC)ncnc21. The average Bonchev–Trinajstić information content (AvgIpc) is 2.82. The van der Waals surface area contributed by atoms with Gasteiger partial charge in [-0.3, -0.25) is 0 Å². The van der Waals surface area contributed by atoms with Crippen molar-refractivity contribution in [2.45, 2.75) is 25.8 Å². The first-order valence-electron chi connectivity index (χ1n) is 6.60. The van der Waals surface area contributed by atoms with Crippen molar-refractivity contribution in [2.75, 3.05) is 26.7 Å². The van der Waals surface area contributed by atoms with Crippen LogP contribution in [0.2, 0.25) is 0 Å². The van der Waals surface area contributed by atoms with Gasteiger partial charge in [-0.15, -0.1) is 11.6 Å². The highest BCUT2D eigenvalue weighted by Gasteiger charge is 2.15. The number of ether oxygens (including phenoxy) is 2. The third-order valence-electron chi connectivity index (χ3n) is 3.07. The monoisotopic (exact) mass is 298 g/mol. The van der Waals surface area contributed by atoms with Gasteiger partial charge in [-0.05, 0) is 12.8 Å². The maximum atomic E-state index is 5.85. The lowest BCUT2D eigenvalue weighted by molar-refractivity contribution is 0.191. The van der Waals surface area contributed by atoms with Gasteiger partial charge in [-0.2, -0.15) is 4.98 Å². The highest BCUT2D eigenvalue weighted by Crippen LogP contribution is 2.22. The Hall–Kier alpha value is -1.40. The molecule has 2 aromatic rings. The molecule has 2 aromatic heterocycles. The van der Waals surface area contributed by atoms with Crippen LogP contribution in [0.25, 0.3) is 11.2 Å². The van der Waals surface area contributed by atoms with Crippen LogP contribution in [-0.2, 0) is 17.7 Å². The summed E-state index contributed by atoms with van der Waals surface area (Å²) in [7, 11) is 3.30. The van der Waals surface area contributed by atoms with Gasteiger partial charge in [0.25, 0.3) is 0 Å². The van der Waals surface area contributed by atoms with Gasteiger partial charge in [-0.1, -0.05) is 0 Å². The van der Waals surface area contributed by atoms with Crippen LogP contribution in [0.3, 0.4) is 0 Å². The van der Waals surface area contributed by atoms with Crippen molar-refractivity contribution in [3.8, 4) is 5.88 Å². The number of methoxy groups -OCH3 is 2. The molecule has 0 aliphatic rings. The predicted octanol–water partition coefficient (Wildman–Crippen LogP) is 2.04. The molecule has 0 aromatic carbocycles. The normalized spacial score (nSPS) is 11.2. The molecule has 2 heterocycles. The number of hydrogen-bond donors (Lipinski definition) is 0. The molecule has 0 spiro atoms. The summed E-state index contributed by atoms with van der Waals surface area (Å²) in [5, 5.41) is 0. The molecule has 0 unspecified atom stereocenters. The number of fused-ring (bicyclic) bond motifs is 1. The molecule has 0 fully saturated rings. The number of rotatable bonds is 8. The fourth-order valence-corrected chi connectivity index (χ4v) is 2.31. The summed E-state index contributed by atoms with van der Waals surface area (Å²) in [5.74, 6) is 1.95. The van der Waals surface area contributed by atoms with Crippen molar-refractivity contribution in [1.29, 1.82) is 0 Å². The van der Waals surface area contributed by atoms with E-state index in [-0.39, 0.29) is 0 Å². The Labute approximate surface area is 123 Å². The van der Waals surface area contributed by atoms with Crippen LogP contribution in [-0.4, -0.2) is 46.2 Å². The number of alkyl halides is 1. The van der Waals surface area contributed by atoms with E-state index >= 15 is 0 Å². The average molecular weight is 299 g/mol. The molecule has 0 aliphatic carbocycles. The predicted molar refractivity (Wildman–Crippen MR) is 77.4 cm³/mol. The van der Waals surface area contributed by atoms with Gasteiger partial charge in [-0.25, -0.2) is 9.97 Å². The molecular weight excluding hydrogens is 280 g/mol. The molecule has 7 heteroatoms. The topological polar surface area (TPSA) is 62.1 Å². The zero-order valence-corrected chi connectivity index (χ0v) is 12.6. The second kappa shape index (κ2) is 7.40. The zero-order valence-electron chi connectivity index (χ0n) is 11.8. The van der Waals surface area contributed by atoms with Crippen molar-refractivity contribution >= 4 is 22.8 Å². The number of hydrogen-bond acceptors (Lipinski definition) is 5. The summed E-state index contributed by atoms with van der Waals surface area (Å²) in [4.78, 5) is 13.0. The maximum Gasteiger partial charge on any atom is 0.245 e. The van der Waals surface area contributed by atoms with Crippen molar-refractivity contribution in [1.82, 2.24) is 19.5 Å². The molecule has 0 saturated carbocycles. The Morgan fingerprint density at radius 3 is 2.80 bits per heavy atom. The number of unbranched alkanes of at least 4 members (excludes halogenated alkanes) is 1. The Morgan fingerprint density at radius 2 is 2.10 bits per heavy atom. The van der Waals surface area contributed by atoms with Crippen LogP contribution in [0.4, 0.5) is 0 Å². The van der Waals surface area contributed by atoms with E-state index in [1.165, 1.54) is 6.33 Å². The maximum absolute atomic E-state index is 5.85. The molecule has 6 nitrogen and oxygen atoms in total. The molecule has 0 aliphatic heterocycles. The van der Waals surface area contributed by atoms with Crippen molar-refractivity contribution in [3.63, 3.8) is 0 Å². The first kappa shape index (κ1) is 15.0. The summed E-state index contributed by atoms with van der Waals surface area (Å²) in [6.07, 6.45) is 4.20. The minimum atomic E-state index is 0.501. The van der Waals surface area contributed by atoms with Gasteiger partial charge in [0, 0.05) is 32.6 Å². The molecule has 2 rings (SSSR count). The number of imidazole rings is 1. The summed E-state index contributed by atoms with van der Waals surface area (Å²) < 4.78 is 12.4. The Kier molecular flexibility index (Phi) is 5.55. The van der Waals surface area contributed by atoms with Crippen LogP contribution in [0.5, 0.6) is 5.88 Å². The minimum absolute atomic E-state index is 0.501. The second-order valence-electron chi connectivity index (χ2n) is 4.37. The highest BCUT2D eigenvalue weighted by atomic mass is 35.5. The Bertz CT molecular complexity index is 559. The molecule has 110 valence electrons. The van der Waals surface area contributed by atoms with Gasteiger partial charge < -0.3 is 14.0 Å². The van der Waals surface area contributed by atoms with E-state index < -0.39 is 0 Å². The highest BCUT2D eigenvalue weighted by molar-refractivity contribution is 6.17. The largest absolute Gasteiger partial charge is 0.479 e. The van der Waals surface area contributed by atoms with Gasteiger partial charge in [0.15, 0.2) is 11.2 Å². The first-order chi connectivity index (χ1) is 9.81. The van der Waals surface area contributed by atoms with Crippen LogP contribution in [0.1, 0.15) is 18.7 Å². The van der Waals surface area contributed by atoms with Crippen molar-refractivity contribution < 1.29 is 9.47 Å². The molecule has 0 N–H and O–H groups in total. The second-order valence-corrected chi connectivity index (χ2v) is 4.75. The van der Waals surface area contributed by atoms with Crippen molar-refractivity contribution in [3.05, 3.63) is 12.2 Å². The third-order valence-corrected chi connectivity index (χ3v) is 3.26. The number of aryl methyl sites for hydroxylation is 2. The summed E-state index contributed by atoms with van der Waals surface area (Å²) in [5.41, 5.74) is 1.50. The fraction of sp³-hybridized carbons (Fsp3) is 0.615. The van der Waals surface area contributed by atoms with Gasteiger partial charge in [0.1, 0.15) is 12.2 Å². The quantitative estimate of drug-likeness (QED) is 0.551. The molecular formula is C13H19ClN4O2. The van der Waals surface area contributed by atoms with E-state index in [1.807, 2.05) is 0 Å². The molecule has 0 radical (unpaired) electrons. The molecule has 0 atom stereocenters. The summed E-state index contributed by atoms with van der Waals surface area (Å²) in [6.45, 7) is 1.60. The van der Waals surface area contributed by atoms with E-state index in [4.69, 9.17) is 21.1 Å². The van der Waals surface area contributed by atoms with Crippen LogP contribution >= 0.6 is 11.6 Å². The molecule has 0 saturated heterocycles. The molecule has 20 heavy (non-hydrogen) atoms. The number of nitrogens with zero attached hydrogens (tertiary/aromatic N) is 4. The zero-order chi connectivity index (χ0) is 14.4. The van der Waals surface area contributed by atoms with Gasteiger partial charge >= 0.3 is 0 Å². The third kappa shape index (κ3) is 3.19. The Morgan fingerprint density at radius 1 is 1.25 bits per heavy atom. The number of aromatic nitrogens is 4. The van der Waals surface area contributed by atoms with Crippen LogP contribution < -0.4 is 4.74 Å². The van der Waals surface area contributed by atoms with E-state index in [0.717, 1.165) is 37.5 Å². The number of halogens is 1. The van der Waals surface area contributed by atoms with Crippen LogP contribution in [0, 0.1) is 0 Å². The molecule has 0 bridgehead atoms. The van der Waals surface area contributed by atoms with E-state index in [0.29, 0.717) is 23.7 Å². The van der Waals surface area contributed by atoms with Gasteiger partial charge in [0.05, 0.1) is 7.11 Å². The van der Waals surface area contributed by atoms with Gasteiger partial charge in [0.2, 0.25) is 5.88 Å². The smallest absolute Gasteiger partial charge is 0.245 e. The van der Waals surface area contributed by atoms with E-state index in [2.05, 4.69) is 19.5 Å². The first-order valence-corrected chi connectivity index (χ1v) is 7.14. The molecule has 0 amide bonds. The minimum Gasteiger partial charge on any atom is -0.479 e. The Balaban J connectivity index is 2.31. The van der Waals surface area contributed by atoms with Crippen molar-refractivity contribution in [2.24, 2.45) is 0 Å².